The maximum Gasteiger partial charge on any atom is 0.309 e. The smallest absolute Gasteiger partial charge is 0.309 e. The van der Waals surface area contributed by atoms with Crippen molar-refractivity contribution in [3.8, 4) is 11.4 Å². The molecule has 1 N–H and O–H groups in total. The van der Waals surface area contributed by atoms with E-state index in [2.05, 4.69) is 42.1 Å². The number of aromatic nitrogens is 2. The van der Waals surface area contributed by atoms with E-state index in [9.17, 15) is 9.18 Å². The van der Waals surface area contributed by atoms with Gasteiger partial charge in [0, 0.05) is 25.2 Å². The van der Waals surface area contributed by atoms with Gasteiger partial charge < -0.3 is 9.63 Å². The minimum atomic E-state index is -0.733. The van der Waals surface area contributed by atoms with Crippen molar-refractivity contribution >= 4 is 5.97 Å². The molecule has 1 aliphatic rings. The standard InChI is InChI=1S/C29H28FN3O3/c1-18-10-19(2)12-21(11-18)13-26(23-4-3-5-25(30)14-23)28-31-27(32-36-28)22-8-6-20(7-9-22)15-33-16-24(17-33)29(34)35/h3-12,14,24,26H,13,15-17H2,1-2H3,(H,34,35). The van der Waals surface area contributed by atoms with Crippen LogP contribution in [0.15, 0.2) is 71.3 Å². The van der Waals surface area contributed by atoms with E-state index in [1.54, 1.807) is 6.07 Å². The molecule has 1 atom stereocenters. The number of hydrogen-bond donors (Lipinski definition) is 1. The zero-order valence-corrected chi connectivity index (χ0v) is 20.3. The quantitative estimate of drug-likeness (QED) is 0.361. The number of benzene rings is 3. The molecular weight excluding hydrogens is 457 g/mol. The van der Waals surface area contributed by atoms with Gasteiger partial charge in [0.25, 0.3) is 0 Å². The topological polar surface area (TPSA) is 79.5 Å². The lowest BCUT2D eigenvalue weighted by Crippen LogP contribution is -2.49. The second-order valence-electron chi connectivity index (χ2n) is 9.69. The molecule has 4 aromatic rings. The molecule has 2 heterocycles. The van der Waals surface area contributed by atoms with E-state index in [1.165, 1.54) is 23.3 Å². The Morgan fingerprint density at radius 1 is 1.06 bits per heavy atom. The zero-order chi connectivity index (χ0) is 25.2. The van der Waals surface area contributed by atoms with Crippen LogP contribution in [0.4, 0.5) is 4.39 Å². The normalized spacial score (nSPS) is 15.0. The van der Waals surface area contributed by atoms with Crippen LogP contribution in [-0.2, 0) is 17.8 Å². The number of rotatable bonds is 8. The Hall–Kier alpha value is -3.84. The maximum absolute atomic E-state index is 14.1. The molecule has 0 saturated carbocycles. The van der Waals surface area contributed by atoms with Gasteiger partial charge in [-0.1, -0.05) is 70.9 Å². The molecule has 5 rings (SSSR count). The molecule has 1 saturated heterocycles. The molecular formula is C29H28FN3O3. The molecule has 6 nitrogen and oxygen atoms in total. The highest BCUT2D eigenvalue weighted by molar-refractivity contribution is 5.71. The van der Waals surface area contributed by atoms with Crippen molar-refractivity contribution in [2.45, 2.75) is 32.7 Å². The summed E-state index contributed by atoms with van der Waals surface area (Å²) >= 11 is 0. The number of carbonyl (C=O) groups is 1. The Balaban J connectivity index is 1.36. The fraction of sp³-hybridized carbons (Fsp3) is 0.276. The van der Waals surface area contributed by atoms with Gasteiger partial charge in [-0.05, 0) is 49.1 Å². The van der Waals surface area contributed by atoms with Crippen LogP contribution >= 0.6 is 0 Å². The van der Waals surface area contributed by atoms with Crippen LogP contribution in [0, 0.1) is 25.6 Å². The van der Waals surface area contributed by atoms with Crippen LogP contribution in [0.2, 0.25) is 0 Å². The Kier molecular flexibility index (Phi) is 6.65. The Morgan fingerprint density at radius 2 is 1.78 bits per heavy atom. The number of carboxylic acid groups (broad SMARTS) is 1. The third-order valence-electron chi connectivity index (χ3n) is 6.64. The minimum Gasteiger partial charge on any atom is -0.481 e. The lowest BCUT2D eigenvalue weighted by molar-refractivity contribution is -0.147. The highest BCUT2D eigenvalue weighted by Crippen LogP contribution is 2.30. The average Bonchev–Trinajstić information content (AvgIpc) is 3.29. The molecule has 3 aromatic carbocycles. The number of hydrogen-bond acceptors (Lipinski definition) is 5. The molecule has 0 bridgehead atoms. The van der Waals surface area contributed by atoms with Gasteiger partial charge in [-0.3, -0.25) is 9.69 Å². The number of aliphatic carboxylic acids is 1. The van der Waals surface area contributed by atoms with Gasteiger partial charge in [0.1, 0.15) is 5.82 Å². The second-order valence-corrected chi connectivity index (χ2v) is 9.69. The van der Waals surface area contributed by atoms with Crippen molar-refractivity contribution < 1.29 is 18.8 Å². The summed E-state index contributed by atoms with van der Waals surface area (Å²) in [5, 5.41) is 13.3. The summed E-state index contributed by atoms with van der Waals surface area (Å²) in [6.45, 7) is 5.99. The van der Waals surface area contributed by atoms with E-state index in [0.29, 0.717) is 37.8 Å². The minimum absolute atomic E-state index is 0.267. The summed E-state index contributed by atoms with van der Waals surface area (Å²) in [5.41, 5.74) is 6.18. The predicted molar refractivity (Wildman–Crippen MR) is 134 cm³/mol. The van der Waals surface area contributed by atoms with Crippen molar-refractivity contribution in [3.05, 3.63) is 106 Å². The molecule has 1 aliphatic heterocycles. The summed E-state index contributed by atoms with van der Waals surface area (Å²) in [6, 6.07) is 20.8. The van der Waals surface area contributed by atoms with E-state index >= 15 is 0 Å². The third kappa shape index (κ3) is 5.36. The number of carboxylic acids is 1. The number of likely N-dealkylation sites (tertiary alicyclic amines) is 1. The van der Waals surface area contributed by atoms with Crippen LogP contribution in [0.25, 0.3) is 11.4 Å². The molecule has 0 radical (unpaired) electrons. The van der Waals surface area contributed by atoms with Crippen LogP contribution in [-0.4, -0.2) is 39.2 Å². The monoisotopic (exact) mass is 485 g/mol. The molecule has 1 aromatic heterocycles. The summed E-state index contributed by atoms with van der Waals surface area (Å²) in [6.07, 6.45) is 0.611. The summed E-state index contributed by atoms with van der Waals surface area (Å²) in [7, 11) is 0. The van der Waals surface area contributed by atoms with Gasteiger partial charge in [0.2, 0.25) is 11.7 Å². The molecule has 1 unspecified atom stereocenters. The van der Waals surface area contributed by atoms with Crippen molar-refractivity contribution in [2.75, 3.05) is 13.1 Å². The fourth-order valence-corrected chi connectivity index (χ4v) is 4.86. The van der Waals surface area contributed by atoms with Gasteiger partial charge in [-0.15, -0.1) is 0 Å². The van der Waals surface area contributed by atoms with Gasteiger partial charge >= 0.3 is 5.97 Å². The van der Waals surface area contributed by atoms with Gasteiger partial charge in [-0.2, -0.15) is 4.98 Å². The van der Waals surface area contributed by atoms with Gasteiger partial charge in [0.15, 0.2) is 0 Å². The second kappa shape index (κ2) is 10.0. The Morgan fingerprint density at radius 3 is 2.44 bits per heavy atom. The van der Waals surface area contributed by atoms with Crippen LogP contribution < -0.4 is 0 Å². The first kappa shape index (κ1) is 23.9. The SMILES string of the molecule is Cc1cc(C)cc(CC(c2cccc(F)c2)c2nc(-c3ccc(CN4CC(C(=O)O)C4)cc3)no2)c1. The first-order valence-electron chi connectivity index (χ1n) is 12.0. The van der Waals surface area contributed by atoms with Crippen molar-refractivity contribution in [1.29, 1.82) is 0 Å². The number of nitrogens with zero attached hydrogens (tertiary/aromatic N) is 3. The van der Waals surface area contributed by atoms with E-state index < -0.39 is 5.97 Å². The summed E-state index contributed by atoms with van der Waals surface area (Å²) in [5.74, 6) is -0.658. The van der Waals surface area contributed by atoms with E-state index in [-0.39, 0.29) is 17.7 Å². The van der Waals surface area contributed by atoms with E-state index in [1.807, 2.05) is 30.3 Å². The van der Waals surface area contributed by atoms with Crippen LogP contribution in [0.3, 0.4) is 0 Å². The Bertz CT molecular complexity index is 1360. The number of aryl methyl sites for hydroxylation is 2. The first-order chi connectivity index (χ1) is 17.3. The van der Waals surface area contributed by atoms with Crippen molar-refractivity contribution in [3.63, 3.8) is 0 Å². The molecule has 1 fully saturated rings. The molecule has 184 valence electrons. The highest BCUT2D eigenvalue weighted by atomic mass is 19.1. The molecule has 0 spiro atoms. The van der Waals surface area contributed by atoms with Gasteiger partial charge in [0.05, 0.1) is 11.8 Å². The lowest BCUT2D eigenvalue weighted by Gasteiger charge is -2.36. The third-order valence-corrected chi connectivity index (χ3v) is 6.64. The Labute approximate surface area is 209 Å². The largest absolute Gasteiger partial charge is 0.481 e. The van der Waals surface area contributed by atoms with Gasteiger partial charge in [-0.25, -0.2) is 4.39 Å². The summed E-state index contributed by atoms with van der Waals surface area (Å²) in [4.78, 5) is 17.8. The van der Waals surface area contributed by atoms with Crippen LogP contribution in [0.1, 0.15) is 39.6 Å². The van der Waals surface area contributed by atoms with Crippen LogP contribution in [0.5, 0.6) is 0 Å². The zero-order valence-electron chi connectivity index (χ0n) is 20.3. The predicted octanol–water partition coefficient (Wildman–Crippen LogP) is 5.38. The molecule has 0 amide bonds. The number of halogens is 1. The first-order valence-corrected chi connectivity index (χ1v) is 12.0. The molecule has 36 heavy (non-hydrogen) atoms. The fourth-order valence-electron chi connectivity index (χ4n) is 4.86. The summed E-state index contributed by atoms with van der Waals surface area (Å²) < 4.78 is 19.8. The average molecular weight is 486 g/mol. The van der Waals surface area contributed by atoms with Crippen molar-refractivity contribution in [1.82, 2.24) is 15.0 Å². The highest BCUT2D eigenvalue weighted by Gasteiger charge is 2.32. The molecule has 7 heteroatoms. The van der Waals surface area contributed by atoms with E-state index in [4.69, 9.17) is 14.6 Å². The molecule has 0 aliphatic carbocycles. The maximum atomic E-state index is 14.1. The van der Waals surface area contributed by atoms with Crippen molar-refractivity contribution in [2.24, 2.45) is 5.92 Å². The lowest BCUT2D eigenvalue weighted by atomic mass is 9.90. The van der Waals surface area contributed by atoms with E-state index in [0.717, 1.165) is 22.3 Å².